The Balaban J connectivity index is 2.23. The van der Waals surface area contributed by atoms with Gasteiger partial charge in [0.05, 0.1) is 4.75 Å². The minimum absolute atomic E-state index is 0.0396. The van der Waals surface area contributed by atoms with E-state index >= 15 is 0 Å². The number of hydrogen-bond acceptors (Lipinski definition) is 5. The maximum Gasteiger partial charge on any atom is 0.178 e. The predicted molar refractivity (Wildman–Crippen MR) is 90.0 cm³/mol. The highest BCUT2D eigenvalue weighted by Gasteiger charge is 2.46. The number of rotatable bonds is 4. The lowest BCUT2D eigenvalue weighted by Gasteiger charge is -2.36. The molecule has 1 atom stereocenters. The molecule has 2 rings (SSSR count). The molecule has 6 heteroatoms. The van der Waals surface area contributed by atoms with Crippen LogP contribution in [0.15, 0.2) is 36.1 Å². The van der Waals surface area contributed by atoms with Gasteiger partial charge in [0.15, 0.2) is 5.78 Å². The summed E-state index contributed by atoms with van der Waals surface area (Å²) in [4.78, 5) is 13.2. The molecule has 0 amide bonds. The lowest BCUT2D eigenvalue weighted by molar-refractivity contribution is -0.122. The monoisotopic (exact) mass is 324 g/mol. The molecule has 0 saturated carbocycles. The van der Waals surface area contributed by atoms with Crippen LogP contribution < -0.4 is 0 Å². The average molecular weight is 324 g/mol. The van der Waals surface area contributed by atoms with Crippen LogP contribution in [0.2, 0.25) is 0 Å². The summed E-state index contributed by atoms with van der Waals surface area (Å²) < 4.78 is 0.602. The summed E-state index contributed by atoms with van der Waals surface area (Å²) in [5.41, 5.74) is 0.784. The highest BCUT2D eigenvalue weighted by atomic mass is 32.2. The molecular formula is C15H20N2O2S2. The Labute approximate surface area is 135 Å². The summed E-state index contributed by atoms with van der Waals surface area (Å²) in [7, 11) is 0. The summed E-state index contributed by atoms with van der Waals surface area (Å²) in [6.45, 7) is 7.04. The molecule has 4 nitrogen and oxygen atoms in total. The molecule has 0 aromatic carbocycles. The Kier molecular flexibility index (Phi) is 4.91. The van der Waals surface area contributed by atoms with E-state index in [9.17, 15) is 10.0 Å². The van der Waals surface area contributed by atoms with E-state index in [4.69, 9.17) is 12.2 Å². The number of thioether (sulfide) groups is 1. The zero-order valence-corrected chi connectivity index (χ0v) is 14.1. The molecule has 114 valence electrons. The maximum absolute atomic E-state index is 11.1. The highest BCUT2D eigenvalue weighted by Crippen LogP contribution is 2.42. The number of carbonyl (C=O) groups is 1. The largest absolute Gasteiger partial charge is 0.334 e. The third-order valence-electron chi connectivity index (χ3n) is 3.38. The standard InChI is InChI=1S/C15H20N2O2S2/c1-4-9-16-13(15(2,3)21-14(16)20)17(19)10-11-5-7-12(18)8-6-11/h5-8,10,13,19H,4,9H2,1-3H3. The first kappa shape index (κ1) is 16.3. The lowest BCUT2D eigenvalue weighted by atomic mass is 10.1. The molecule has 21 heavy (non-hydrogen) atoms. The van der Waals surface area contributed by atoms with Crippen molar-refractivity contribution >= 4 is 34.1 Å². The molecule has 1 aliphatic heterocycles. The Bertz CT molecular complexity index is 520. The lowest BCUT2D eigenvalue weighted by Crippen LogP contribution is -2.50. The summed E-state index contributed by atoms with van der Waals surface area (Å²) in [6, 6.07) is 0. The van der Waals surface area contributed by atoms with E-state index in [2.05, 4.69) is 25.7 Å². The van der Waals surface area contributed by atoms with Crippen molar-refractivity contribution in [2.45, 2.75) is 38.1 Å². The van der Waals surface area contributed by atoms with Gasteiger partial charge in [-0.25, -0.2) is 5.06 Å². The van der Waals surface area contributed by atoms with E-state index in [1.807, 2.05) is 0 Å². The van der Waals surface area contributed by atoms with Gasteiger partial charge in [0.2, 0.25) is 0 Å². The molecule has 0 spiro atoms. The number of allylic oxidation sites excluding steroid dienone is 5. The van der Waals surface area contributed by atoms with Gasteiger partial charge in [-0.3, -0.25) is 10.0 Å². The van der Waals surface area contributed by atoms with E-state index in [1.54, 1.807) is 30.1 Å². The Morgan fingerprint density at radius 3 is 2.62 bits per heavy atom. The normalized spacial score (nSPS) is 23.9. The summed E-state index contributed by atoms with van der Waals surface area (Å²) >= 11 is 7.03. The van der Waals surface area contributed by atoms with E-state index in [0.29, 0.717) is 0 Å². The van der Waals surface area contributed by atoms with E-state index < -0.39 is 0 Å². The van der Waals surface area contributed by atoms with Crippen molar-refractivity contribution in [3.05, 3.63) is 36.1 Å². The fourth-order valence-corrected chi connectivity index (χ4v) is 4.44. The van der Waals surface area contributed by atoms with Crippen molar-refractivity contribution in [3.63, 3.8) is 0 Å². The van der Waals surface area contributed by atoms with Crippen molar-refractivity contribution < 1.29 is 10.0 Å². The molecular weight excluding hydrogens is 304 g/mol. The van der Waals surface area contributed by atoms with Gasteiger partial charge in [-0.1, -0.05) is 30.9 Å². The zero-order valence-electron chi connectivity index (χ0n) is 12.4. The van der Waals surface area contributed by atoms with Crippen LogP contribution in [0.3, 0.4) is 0 Å². The van der Waals surface area contributed by atoms with Crippen LogP contribution in [0, 0.1) is 0 Å². The van der Waals surface area contributed by atoms with E-state index in [-0.39, 0.29) is 16.7 Å². The van der Waals surface area contributed by atoms with Gasteiger partial charge < -0.3 is 4.90 Å². The minimum atomic E-state index is -0.220. The van der Waals surface area contributed by atoms with Crippen LogP contribution >= 0.6 is 24.0 Å². The zero-order chi connectivity index (χ0) is 15.6. The Hall–Kier alpha value is -1.11. The molecule has 2 aliphatic rings. The van der Waals surface area contributed by atoms with Crippen molar-refractivity contribution in [1.29, 1.82) is 0 Å². The minimum Gasteiger partial charge on any atom is -0.334 e. The van der Waals surface area contributed by atoms with Crippen molar-refractivity contribution in [2.75, 3.05) is 6.54 Å². The van der Waals surface area contributed by atoms with Crippen molar-refractivity contribution in [3.8, 4) is 0 Å². The third kappa shape index (κ3) is 3.56. The first-order valence-corrected chi connectivity index (χ1v) is 8.16. The smallest absolute Gasteiger partial charge is 0.178 e. The van der Waals surface area contributed by atoms with Crippen LogP contribution in [0.4, 0.5) is 0 Å². The number of thiocarbonyl (C=S) groups is 1. The van der Waals surface area contributed by atoms with E-state index in [0.717, 1.165) is 22.9 Å². The van der Waals surface area contributed by atoms with Crippen LogP contribution in [0.5, 0.6) is 0 Å². The second-order valence-electron chi connectivity index (χ2n) is 5.62. The van der Waals surface area contributed by atoms with Crippen LogP contribution in [-0.4, -0.2) is 42.7 Å². The fraction of sp³-hybridized carbons (Fsp3) is 0.467. The van der Waals surface area contributed by atoms with Crippen LogP contribution in [-0.2, 0) is 4.79 Å². The van der Waals surface area contributed by atoms with Gasteiger partial charge in [-0.05, 0) is 50.1 Å². The second kappa shape index (κ2) is 6.34. The number of hydroxylamine groups is 2. The second-order valence-corrected chi connectivity index (χ2v) is 7.90. The molecule has 1 heterocycles. The van der Waals surface area contributed by atoms with Gasteiger partial charge in [-0.2, -0.15) is 0 Å². The predicted octanol–water partition coefficient (Wildman–Crippen LogP) is 3.11. The van der Waals surface area contributed by atoms with Gasteiger partial charge in [0.25, 0.3) is 0 Å². The quantitative estimate of drug-likeness (QED) is 0.633. The average Bonchev–Trinajstić information content (AvgIpc) is 2.62. The molecule has 0 aromatic rings. The SMILES string of the molecule is CCCN1C(=S)SC(C)(C)C1N(O)C=C1C=CC(=O)C=C1. The van der Waals surface area contributed by atoms with Gasteiger partial charge in [0, 0.05) is 12.7 Å². The number of ketones is 1. The number of nitrogens with zero attached hydrogens (tertiary/aromatic N) is 2. The summed E-state index contributed by atoms with van der Waals surface area (Å²) in [6.07, 6.45) is 8.76. The summed E-state index contributed by atoms with van der Waals surface area (Å²) in [5, 5.41) is 11.7. The summed E-state index contributed by atoms with van der Waals surface area (Å²) in [5.74, 6) is -0.0396. The van der Waals surface area contributed by atoms with E-state index in [1.165, 1.54) is 17.2 Å². The van der Waals surface area contributed by atoms with Gasteiger partial charge in [0.1, 0.15) is 10.5 Å². The molecule has 0 bridgehead atoms. The third-order valence-corrected chi connectivity index (χ3v) is 5.01. The van der Waals surface area contributed by atoms with Crippen LogP contribution in [0.25, 0.3) is 0 Å². The van der Waals surface area contributed by atoms with Gasteiger partial charge in [-0.15, -0.1) is 0 Å². The molecule has 0 radical (unpaired) electrons. The molecule has 1 saturated heterocycles. The van der Waals surface area contributed by atoms with Crippen LogP contribution in [0.1, 0.15) is 27.2 Å². The molecule has 1 aliphatic carbocycles. The Morgan fingerprint density at radius 2 is 2.05 bits per heavy atom. The molecule has 1 unspecified atom stereocenters. The molecule has 1 fully saturated rings. The molecule has 0 aromatic heterocycles. The Morgan fingerprint density at radius 1 is 1.43 bits per heavy atom. The number of hydrogen-bond donors (Lipinski definition) is 1. The van der Waals surface area contributed by atoms with Crippen molar-refractivity contribution in [2.24, 2.45) is 0 Å². The highest BCUT2D eigenvalue weighted by molar-refractivity contribution is 8.24. The van der Waals surface area contributed by atoms with Gasteiger partial charge >= 0.3 is 0 Å². The first-order chi connectivity index (χ1) is 9.85. The topological polar surface area (TPSA) is 43.8 Å². The maximum atomic E-state index is 11.1. The van der Waals surface area contributed by atoms with Crippen molar-refractivity contribution in [1.82, 2.24) is 9.96 Å². The number of carbonyl (C=O) groups excluding carboxylic acids is 1. The first-order valence-electron chi connectivity index (χ1n) is 6.94. The molecule has 1 N–H and O–H groups in total. The fourth-order valence-electron chi connectivity index (χ4n) is 2.50.